The van der Waals surface area contributed by atoms with Gasteiger partial charge in [-0.1, -0.05) is 11.3 Å². The van der Waals surface area contributed by atoms with Crippen LogP contribution in [0.25, 0.3) is 0 Å². The molecule has 0 unspecified atom stereocenters. The molecule has 0 amide bonds. The lowest BCUT2D eigenvalue weighted by atomic mass is 10.4. The summed E-state index contributed by atoms with van der Waals surface area (Å²) in [5.41, 5.74) is 0.986. The van der Waals surface area contributed by atoms with Crippen LogP contribution in [0.5, 0.6) is 0 Å². The van der Waals surface area contributed by atoms with E-state index in [0.29, 0.717) is 0 Å². The maximum atomic E-state index is 10.8. The molecule has 4 nitrogen and oxygen atoms in total. The minimum atomic E-state index is 0.0298. The Labute approximate surface area is 93.1 Å². The Morgan fingerprint density at radius 1 is 1.47 bits per heavy atom. The zero-order chi connectivity index (χ0) is 10.5. The number of thiazole rings is 1. The van der Waals surface area contributed by atoms with Gasteiger partial charge in [0.15, 0.2) is 0 Å². The highest BCUT2D eigenvalue weighted by Crippen LogP contribution is 2.18. The van der Waals surface area contributed by atoms with Gasteiger partial charge in [0.05, 0.1) is 0 Å². The Bertz CT molecular complexity index is 342. The predicted octanol–water partition coefficient (Wildman–Crippen LogP) is 0.668. The van der Waals surface area contributed by atoms with Crippen LogP contribution in [0, 0.1) is 0 Å². The van der Waals surface area contributed by atoms with Crippen molar-refractivity contribution in [3.63, 3.8) is 0 Å². The lowest BCUT2D eigenvalue weighted by Gasteiger charge is -2.03. The molecule has 5 heteroatoms. The van der Waals surface area contributed by atoms with Gasteiger partial charge in [-0.15, -0.1) is 0 Å². The van der Waals surface area contributed by atoms with Crippen molar-refractivity contribution in [2.45, 2.75) is 31.8 Å². The summed E-state index contributed by atoms with van der Waals surface area (Å²) < 4.78 is 0. The molecule has 1 fully saturated rings. The molecule has 0 aliphatic heterocycles. The van der Waals surface area contributed by atoms with Gasteiger partial charge in [-0.05, 0) is 32.4 Å². The monoisotopic (exact) mass is 227 g/mol. The first-order chi connectivity index (χ1) is 7.34. The van der Waals surface area contributed by atoms with E-state index < -0.39 is 0 Å². The molecule has 1 saturated carbocycles. The maximum absolute atomic E-state index is 10.8. The summed E-state index contributed by atoms with van der Waals surface area (Å²) in [7, 11) is 0. The molecule has 1 aliphatic carbocycles. The molecule has 3 N–H and O–H groups in total. The summed E-state index contributed by atoms with van der Waals surface area (Å²) in [6.45, 7) is 2.86. The summed E-state index contributed by atoms with van der Waals surface area (Å²) in [5, 5.41) is 8.64. The molecule has 15 heavy (non-hydrogen) atoms. The molecule has 0 atom stereocenters. The van der Waals surface area contributed by atoms with Crippen LogP contribution in [-0.4, -0.2) is 24.1 Å². The quantitative estimate of drug-likeness (QED) is 0.600. The zero-order valence-corrected chi connectivity index (χ0v) is 9.53. The number of hydrogen-bond acceptors (Lipinski definition) is 4. The van der Waals surface area contributed by atoms with Crippen LogP contribution in [0.3, 0.4) is 0 Å². The van der Waals surface area contributed by atoms with Crippen LogP contribution in [0.15, 0.2) is 10.2 Å². The number of aromatic nitrogens is 1. The molecule has 1 aliphatic rings. The average molecular weight is 227 g/mol. The highest BCUT2D eigenvalue weighted by molar-refractivity contribution is 7.07. The first-order valence-electron chi connectivity index (χ1n) is 5.45. The molecule has 0 saturated heterocycles. The van der Waals surface area contributed by atoms with E-state index in [1.165, 1.54) is 24.2 Å². The van der Waals surface area contributed by atoms with Crippen molar-refractivity contribution >= 4 is 11.3 Å². The number of H-pyrrole nitrogens is 1. The molecule has 1 aromatic rings. The molecular formula is C10H17N3OS. The van der Waals surface area contributed by atoms with E-state index in [2.05, 4.69) is 15.6 Å². The van der Waals surface area contributed by atoms with E-state index in [0.717, 1.165) is 37.8 Å². The third kappa shape index (κ3) is 4.15. The van der Waals surface area contributed by atoms with Crippen molar-refractivity contribution < 1.29 is 0 Å². The first-order valence-corrected chi connectivity index (χ1v) is 6.33. The first kappa shape index (κ1) is 10.9. The topological polar surface area (TPSA) is 56.9 Å². The van der Waals surface area contributed by atoms with Gasteiger partial charge in [0.1, 0.15) is 0 Å². The molecule has 0 radical (unpaired) electrons. The molecular weight excluding hydrogens is 210 g/mol. The van der Waals surface area contributed by atoms with E-state index in [1.807, 2.05) is 5.38 Å². The van der Waals surface area contributed by atoms with Gasteiger partial charge in [0, 0.05) is 23.7 Å². The van der Waals surface area contributed by atoms with Gasteiger partial charge in [0.25, 0.3) is 0 Å². The van der Waals surface area contributed by atoms with Gasteiger partial charge in [-0.2, -0.15) is 0 Å². The van der Waals surface area contributed by atoms with Gasteiger partial charge in [0.2, 0.25) is 0 Å². The predicted molar refractivity (Wildman–Crippen MR) is 62.3 cm³/mol. The Kier molecular flexibility index (Phi) is 3.94. The van der Waals surface area contributed by atoms with Crippen molar-refractivity contribution in [3.05, 3.63) is 20.7 Å². The van der Waals surface area contributed by atoms with E-state index in [-0.39, 0.29) is 4.87 Å². The van der Waals surface area contributed by atoms with Crippen LogP contribution in [0.4, 0.5) is 0 Å². The van der Waals surface area contributed by atoms with Crippen molar-refractivity contribution in [2.75, 3.05) is 13.1 Å². The van der Waals surface area contributed by atoms with Crippen molar-refractivity contribution in [1.29, 1.82) is 0 Å². The molecule has 1 aromatic heterocycles. The van der Waals surface area contributed by atoms with Crippen LogP contribution in [0.1, 0.15) is 25.0 Å². The van der Waals surface area contributed by atoms with E-state index in [1.54, 1.807) is 0 Å². The third-order valence-corrected chi connectivity index (χ3v) is 3.15. The van der Waals surface area contributed by atoms with E-state index in [4.69, 9.17) is 0 Å². The van der Waals surface area contributed by atoms with Crippen LogP contribution in [-0.2, 0) is 6.54 Å². The fourth-order valence-corrected chi connectivity index (χ4v) is 2.01. The Morgan fingerprint density at radius 2 is 2.33 bits per heavy atom. The second kappa shape index (κ2) is 5.44. The average Bonchev–Trinajstić information content (AvgIpc) is 2.95. The lowest BCUT2D eigenvalue weighted by molar-refractivity contribution is 0.590. The second-order valence-corrected chi connectivity index (χ2v) is 4.77. The molecule has 84 valence electrons. The Morgan fingerprint density at radius 3 is 3.00 bits per heavy atom. The zero-order valence-electron chi connectivity index (χ0n) is 8.71. The van der Waals surface area contributed by atoms with Crippen molar-refractivity contribution in [2.24, 2.45) is 0 Å². The summed E-state index contributed by atoms with van der Waals surface area (Å²) >= 11 is 1.22. The largest absolute Gasteiger partial charge is 0.315 e. The molecule has 0 aromatic carbocycles. The molecule has 1 heterocycles. The van der Waals surface area contributed by atoms with Crippen LogP contribution >= 0.6 is 11.3 Å². The lowest BCUT2D eigenvalue weighted by Crippen LogP contribution is -2.23. The minimum absolute atomic E-state index is 0.0298. The van der Waals surface area contributed by atoms with Gasteiger partial charge in [-0.25, -0.2) is 0 Å². The second-order valence-electron chi connectivity index (χ2n) is 3.93. The number of aromatic amines is 1. The van der Waals surface area contributed by atoms with E-state index in [9.17, 15) is 4.79 Å². The van der Waals surface area contributed by atoms with Gasteiger partial charge < -0.3 is 15.6 Å². The standard InChI is InChI=1S/C10H17N3OS/c14-10-13-9(7-15-10)6-11-4-1-5-12-8-2-3-8/h7-8,11-12H,1-6H2,(H,13,14). The minimum Gasteiger partial charge on any atom is -0.315 e. The van der Waals surface area contributed by atoms with Crippen molar-refractivity contribution in [3.8, 4) is 0 Å². The van der Waals surface area contributed by atoms with Crippen LogP contribution in [0.2, 0.25) is 0 Å². The normalized spacial score (nSPS) is 15.7. The third-order valence-electron chi connectivity index (χ3n) is 2.43. The molecule has 2 rings (SSSR count). The summed E-state index contributed by atoms with van der Waals surface area (Å²) in [6.07, 6.45) is 3.85. The summed E-state index contributed by atoms with van der Waals surface area (Å²) in [5.74, 6) is 0. The summed E-state index contributed by atoms with van der Waals surface area (Å²) in [6, 6.07) is 0.804. The van der Waals surface area contributed by atoms with Crippen molar-refractivity contribution in [1.82, 2.24) is 15.6 Å². The number of rotatable bonds is 7. The highest BCUT2D eigenvalue weighted by Gasteiger charge is 2.19. The molecule has 0 bridgehead atoms. The highest BCUT2D eigenvalue weighted by atomic mass is 32.1. The van der Waals surface area contributed by atoms with Gasteiger partial charge in [-0.3, -0.25) is 4.79 Å². The molecule has 0 spiro atoms. The SMILES string of the molecule is O=c1[nH]c(CNCCCNC2CC2)cs1. The number of hydrogen-bond donors (Lipinski definition) is 3. The summed E-state index contributed by atoms with van der Waals surface area (Å²) in [4.78, 5) is 13.6. The smallest absolute Gasteiger partial charge is 0.304 e. The number of nitrogens with one attached hydrogen (secondary N) is 3. The van der Waals surface area contributed by atoms with E-state index >= 15 is 0 Å². The Hall–Kier alpha value is -0.650. The Balaban J connectivity index is 1.49. The fraction of sp³-hybridized carbons (Fsp3) is 0.700. The fourth-order valence-electron chi connectivity index (χ4n) is 1.43. The maximum Gasteiger partial charge on any atom is 0.304 e. The van der Waals surface area contributed by atoms with Gasteiger partial charge >= 0.3 is 4.87 Å². The van der Waals surface area contributed by atoms with Crippen LogP contribution < -0.4 is 15.5 Å².